The number of carboxylic acid groups (broad SMARTS) is 1. The van der Waals surface area contributed by atoms with E-state index in [-0.39, 0.29) is 6.04 Å². The molecular weight excluding hydrogens is 380 g/mol. The number of hydrogen-bond donors (Lipinski definition) is 2. The van der Waals surface area contributed by atoms with Crippen molar-refractivity contribution in [2.45, 2.75) is 45.2 Å². The van der Waals surface area contributed by atoms with Gasteiger partial charge in [-0.2, -0.15) is 0 Å². The van der Waals surface area contributed by atoms with Crippen LogP contribution in [0.25, 0.3) is 11.5 Å². The third kappa shape index (κ3) is 4.24. The Bertz CT molecular complexity index is 1030. The number of nitrogens with one attached hydrogen (secondary N) is 1. The summed E-state index contributed by atoms with van der Waals surface area (Å²) in [5.74, 6) is 1.20. The Morgan fingerprint density at radius 1 is 1.27 bits per heavy atom. The van der Waals surface area contributed by atoms with Crippen LogP contribution >= 0.6 is 0 Å². The summed E-state index contributed by atoms with van der Waals surface area (Å²) in [6.07, 6.45) is 2.33. The summed E-state index contributed by atoms with van der Waals surface area (Å²) < 4.78 is 11.7. The van der Waals surface area contributed by atoms with Gasteiger partial charge in [0.1, 0.15) is 17.6 Å². The van der Waals surface area contributed by atoms with Crippen molar-refractivity contribution in [2.75, 3.05) is 6.61 Å². The van der Waals surface area contributed by atoms with Crippen LogP contribution in [0.5, 0.6) is 5.75 Å². The molecule has 0 saturated carbocycles. The molecule has 0 amide bonds. The van der Waals surface area contributed by atoms with E-state index in [2.05, 4.69) is 17.2 Å². The second-order valence-electron chi connectivity index (χ2n) is 7.59. The lowest BCUT2D eigenvalue weighted by Crippen LogP contribution is -2.42. The molecule has 0 saturated heterocycles. The Balaban J connectivity index is 1.43. The molecule has 3 aromatic rings. The molecule has 2 N–H and O–H groups in total. The zero-order chi connectivity index (χ0) is 21.1. The van der Waals surface area contributed by atoms with Crippen LogP contribution in [0.15, 0.2) is 52.9 Å². The number of ether oxygens (including phenoxy) is 1. The predicted molar refractivity (Wildman–Crippen MR) is 114 cm³/mol. The molecule has 0 fully saturated rings. The van der Waals surface area contributed by atoms with Gasteiger partial charge >= 0.3 is 5.97 Å². The molecule has 0 bridgehead atoms. The molecule has 0 spiro atoms. The maximum Gasteiger partial charge on any atom is 0.325 e. The summed E-state index contributed by atoms with van der Waals surface area (Å²) >= 11 is 0. The first kappa shape index (κ1) is 20.2. The van der Waals surface area contributed by atoms with Crippen LogP contribution in [0, 0.1) is 6.92 Å². The van der Waals surface area contributed by atoms with Gasteiger partial charge in [0.2, 0.25) is 5.89 Å². The van der Waals surface area contributed by atoms with E-state index in [0.717, 1.165) is 41.0 Å². The highest BCUT2D eigenvalue weighted by molar-refractivity contribution is 5.77. The number of oxazole rings is 1. The van der Waals surface area contributed by atoms with Gasteiger partial charge in [-0.1, -0.05) is 31.2 Å². The number of rotatable bonds is 7. The SMILES string of the molecule is CC[C@H]1Cc2ccc(OCCc3nc(-c4ccccc4)oc3C)cc2C(C(=O)O)N1. The fraction of sp³-hybridized carbons (Fsp3) is 0.333. The molecule has 30 heavy (non-hydrogen) atoms. The Morgan fingerprint density at radius 2 is 2.07 bits per heavy atom. The maximum atomic E-state index is 11.7. The number of benzene rings is 2. The summed E-state index contributed by atoms with van der Waals surface area (Å²) in [6, 6.07) is 15.0. The molecule has 2 heterocycles. The lowest BCUT2D eigenvalue weighted by molar-refractivity contribution is -0.140. The minimum Gasteiger partial charge on any atom is -0.493 e. The van der Waals surface area contributed by atoms with Crippen LogP contribution in [0.1, 0.15) is 42.0 Å². The van der Waals surface area contributed by atoms with Crippen LogP contribution in [-0.2, 0) is 17.6 Å². The lowest BCUT2D eigenvalue weighted by atomic mass is 9.89. The number of fused-ring (bicyclic) bond motifs is 1. The number of hydrogen-bond acceptors (Lipinski definition) is 5. The van der Waals surface area contributed by atoms with E-state index in [0.29, 0.717) is 24.7 Å². The normalized spacial score (nSPS) is 18.1. The van der Waals surface area contributed by atoms with Crippen molar-refractivity contribution in [3.63, 3.8) is 0 Å². The topological polar surface area (TPSA) is 84.6 Å². The lowest BCUT2D eigenvalue weighted by Gasteiger charge is -2.30. The quantitative estimate of drug-likeness (QED) is 0.608. The molecule has 1 unspecified atom stereocenters. The van der Waals surface area contributed by atoms with Gasteiger partial charge in [0.05, 0.1) is 12.3 Å². The fourth-order valence-corrected chi connectivity index (χ4v) is 3.86. The Hall–Kier alpha value is -3.12. The Morgan fingerprint density at radius 3 is 2.80 bits per heavy atom. The number of carboxylic acids is 1. The molecule has 4 rings (SSSR count). The first-order chi connectivity index (χ1) is 14.5. The van der Waals surface area contributed by atoms with E-state index >= 15 is 0 Å². The van der Waals surface area contributed by atoms with E-state index in [1.807, 2.05) is 55.5 Å². The zero-order valence-electron chi connectivity index (χ0n) is 17.2. The second kappa shape index (κ2) is 8.71. The summed E-state index contributed by atoms with van der Waals surface area (Å²) in [5, 5.41) is 12.8. The highest BCUT2D eigenvalue weighted by Gasteiger charge is 2.30. The molecule has 156 valence electrons. The van der Waals surface area contributed by atoms with Crippen molar-refractivity contribution >= 4 is 5.97 Å². The number of aromatic nitrogens is 1. The van der Waals surface area contributed by atoms with Crippen LogP contribution in [0.4, 0.5) is 0 Å². The number of carbonyl (C=O) groups is 1. The fourth-order valence-electron chi connectivity index (χ4n) is 3.86. The van der Waals surface area contributed by atoms with Gasteiger partial charge in [0, 0.05) is 18.0 Å². The van der Waals surface area contributed by atoms with Crippen molar-refractivity contribution in [1.82, 2.24) is 10.3 Å². The van der Waals surface area contributed by atoms with E-state index in [9.17, 15) is 9.90 Å². The molecule has 0 aliphatic carbocycles. The largest absolute Gasteiger partial charge is 0.493 e. The van der Waals surface area contributed by atoms with Gasteiger partial charge < -0.3 is 14.3 Å². The van der Waals surface area contributed by atoms with Crippen molar-refractivity contribution < 1.29 is 19.1 Å². The van der Waals surface area contributed by atoms with Crippen LogP contribution in [0.3, 0.4) is 0 Å². The third-order valence-corrected chi connectivity index (χ3v) is 5.56. The van der Waals surface area contributed by atoms with Gasteiger partial charge in [-0.3, -0.25) is 10.1 Å². The Kier molecular flexibility index (Phi) is 5.86. The molecule has 0 radical (unpaired) electrons. The van der Waals surface area contributed by atoms with E-state index in [4.69, 9.17) is 9.15 Å². The molecule has 2 atom stereocenters. The van der Waals surface area contributed by atoms with Crippen LogP contribution in [-0.4, -0.2) is 28.7 Å². The minimum absolute atomic E-state index is 0.180. The molecule has 6 nitrogen and oxygen atoms in total. The molecule has 2 aromatic carbocycles. The van der Waals surface area contributed by atoms with E-state index < -0.39 is 12.0 Å². The van der Waals surface area contributed by atoms with Gasteiger partial charge in [-0.05, 0) is 55.2 Å². The first-order valence-electron chi connectivity index (χ1n) is 10.3. The highest BCUT2D eigenvalue weighted by Crippen LogP contribution is 2.30. The third-order valence-electron chi connectivity index (χ3n) is 5.56. The minimum atomic E-state index is -0.863. The second-order valence-corrected chi connectivity index (χ2v) is 7.59. The van der Waals surface area contributed by atoms with Gasteiger partial charge in [-0.25, -0.2) is 4.98 Å². The van der Waals surface area contributed by atoms with Crippen molar-refractivity contribution in [3.8, 4) is 17.2 Å². The molecule has 1 aliphatic heterocycles. The van der Waals surface area contributed by atoms with Crippen LogP contribution in [0.2, 0.25) is 0 Å². The summed E-state index contributed by atoms with van der Waals surface area (Å²) in [7, 11) is 0. The van der Waals surface area contributed by atoms with Crippen molar-refractivity contribution in [1.29, 1.82) is 0 Å². The number of aliphatic carboxylic acids is 1. The molecule has 1 aliphatic rings. The smallest absolute Gasteiger partial charge is 0.325 e. The van der Waals surface area contributed by atoms with Crippen LogP contribution < -0.4 is 10.1 Å². The van der Waals surface area contributed by atoms with Gasteiger partial charge in [0.25, 0.3) is 0 Å². The zero-order valence-corrected chi connectivity index (χ0v) is 17.2. The number of aryl methyl sites for hydroxylation is 1. The van der Waals surface area contributed by atoms with E-state index in [1.165, 1.54) is 0 Å². The molecule has 1 aromatic heterocycles. The number of nitrogens with zero attached hydrogens (tertiary/aromatic N) is 1. The summed E-state index contributed by atoms with van der Waals surface area (Å²) in [6.45, 7) is 4.40. The summed E-state index contributed by atoms with van der Waals surface area (Å²) in [4.78, 5) is 16.3. The monoisotopic (exact) mass is 406 g/mol. The van der Waals surface area contributed by atoms with Crippen molar-refractivity contribution in [2.24, 2.45) is 0 Å². The standard InChI is InChI=1S/C24H26N2O4/c1-3-18-13-17-9-10-19(14-20(17)22(25-18)24(27)28)29-12-11-21-15(2)30-23(26-21)16-7-5-4-6-8-16/h4-10,14,18,22,25H,3,11-13H2,1-2H3,(H,27,28)/t18-,22?/m0/s1. The van der Waals surface area contributed by atoms with Crippen molar-refractivity contribution in [3.05, 3.63) is 71.1 Å². The van der Waals surface area contributed by atoms with E-state index in [1.54, 1.807) is 0 Å². The molecular formula is C24H26N2O4. The van der Waals surface area contributed by atoms with Gasteiger partial charge in [-0.15, -0.1) is 0 Å². The average molecular weight is 406 g/mol. The molecule has 6 heteroatoms. The maximum absolute atomic E-state index is 11.7. The highest BCUT2D eigenvalue weighted by atomic mass is 16.5. The predicted octanol–water partition coefficient (Wildman–Crippen LogP) is 4.32. The van der Waals surface area contributed by atoms with Gasteiger partial charge in [0.15, 0.2) is 0 Å². The Labute approximate surface area is 175 Å². The first-order valence-corrected chi connectivity index (χ1v) is 10.3. The summed E-state index contributed by atoms with van der Waals surface area (Å²) in [5.41, 5.74) is 3.66. The average Bonchev–Trinajstić information content (AvgIpc) is 3.14.